The van der Waals surface area contributed by atoms with Gasteiger partial charge in [0.25, 0.3) is 0 Å². The lowest BCUT2D eigenvalue weighted by Gasteiger charge is -2.12. The first-order valence-electron chi connectivity index (χ1n) is 8.97. The van der Waals surface area contributed by atoms with E-state index < -0.39 is 17.6 Å². The molecule has 0 aliphatic rings. The van der Waals surface area contributed by atoms with Crippen molar-refractivity contribution in [2.45, 2.75) is 38.1 Å². The van der Waals surface area contributed by atoms with Crippen LogP contribution >= 0.6 is 23.4 Å². The zero-order valence-corrected chi connectivity index (χ0v) is 17.7. The van der Waals surface area contributed by atoms with Gasteiger partial charge in [0.05, 0.1) is 33.9 Å². The summed E-state index contributed by atoms with van der Waals surface area (Å²) in [4.78, 5) is 12.3. The Kier molecular flexibility index (Phi) is 6.77. The number of aromatic nitrogens is 3. The van der Waals surface area contributed by atoms with Crippen LogP contribution in [0.5, 0.6) is 0 Å². The Hall–Kier alpha value is -2.46. The van der Waals surface area contributed by atoms with Gasteiger partial charge in [-0.1, -0.05) is 30.3 Å². The predicted octanol–water partition coefficient (Wildman–Crippen LogP) is 5.66. The first-order chi connectivity index (χ1) is 14.2. The summed E-state index contributed by atoms with van der Waals surface area (Å²) in [6.07, 6.45) is -2.15. The van der Waals surface area contributed by atoms with Crippen LogP contribution in [-0.2, 0) is 17.5 Å². The maximum Gasteiger partial charge on any atom is 0.416 e. The van der Waals surface area contributed by atoms with Crippen molar-refractivity contribution in [3.63, 3.8) is 0 Å². The van der Waals surface area contributed by atoms with E-state index in [4.69, 9.17) is 16.0 Å². The molecule has 3 aromatic rings. The van der Waals surface area contributed by atoms with Crippen LogP contribution in [0.2, 0.25) is 5.02 Å². The number of anilines is 1. The summed E-state index contributed by atoms with van der Waals surface area (Å²) in [5.41, 5.74) is -0.178. The van der Waals surface area contributed by atoms with Crippen molar-refractivity contribution in [2.24, 2.45) is 0 Å². The van der Waals surface area contributed by atoms with Gasteiger partial charge in [-0.3, -0.25) is 4.79 Å². The summed E-state index contributed by atoms with van der Waals surface area (Å²) in [6.45, 7) is 4.46. The summed E-state index contributed by atoms with van der Waals surface area (Å²) in [5, 5.41) is 11.3. The zero-order valence-electron chi connectivity index (χ0n) is 16.1. The Balaban J connectivity index is 1.73. The Labute approximate surface area is 179 Å². The summed E-state index contributed by atoms with van der Waals surface area (Å²) in [7, 11) is 0. The molecule has 0 radical (unpaired) electrons. The molecule has 1 aromatic carbocycles. The Morgan fingerprint density at radius 1 is 1.30 bits per heavy atom. The van der Waals surface area contributed by atoms with Crippen LogP contribution in [0.25, 0.3) is 11.4 Å². The second kappa shape index (κ2) is 9.13. The third kappa shape index (κ3) is 4.99. The van der Waals surface area contributed by atoms with E-state index in [2.05, 4.69) is 15.5 Å². The van der Waals surface area contributed by atoms with E-state index in [0.29, 0.717) is 23.3 Å². The summed E-state index contributed by atoms with van der Waals surface area (Å²) < 4.78 is 45.9. The van der Waals surface area contributed by atoms with Crippen molar-refractivity contribution >= 4 is 35.0 Å². The van der Waals surface area contributed by atoms with Gasteiger partial charge in [0.1, 0.15) is 5.76 Å². The SMILES string of the molecule is CCCn1c(SCC(=O)Nc2cc(C(F)(F)F)ccc2Cl)nnc1-c1ccoc1C. The van der Waals surface area contributed by atoms with Crippen LogP contribution in [0.15, 0.2) is 40.1 Å². The number of benzene rings is 1. The smallest absolute Gasteiger partial charge is 0.416 e. The minimum atomic E-state index is -4.53. The largest absolute Gasteiger partial charge is 0.469 e. The molecule has 6 nitrogen and oxygen atoms in total. The molecular formula is C19H18ClF3N4O2S. The van der Waals surface area contributed by atoms with Crippen LogP contribution in [0.1, 0.15) is 24.7 Å². The molecule has 0 saturated heterocycles. The normalized spacial score (nSPS) is 11.7. The molecule has 2 heterocycles. The van der Waals surface area contributed by atoms with Crippen molar-refractivity contribution in [1.29, 1.82) is 0 Å². The maximum absolute atomic E-state index is 12.9. The van der Waals surface area contributed by atoms with Crippen molar-refractivity contribution < 1.29 is 22.4 Å². The Bertz CT molecular complexity index is 1050. The number of nitrogens with zero attached hydrogens (tertiary/aromatic N) is 3. The second-order valence-corrected chi connectivity index (χ2v) is 7.73. The van der Waals surface area contributed by atoms with Crippen LogP contribution in [0.4, 0.5) is 18.9 Å². The number of carbonyl (C=O) groups excluding carboxylic acids is 1. The molecule has 1 amide bonds. The van der Waals surface area contributed by atoms with Gasteiger partial charge >= 0.3 is 6.18 Å². The molecule has 0 aliphatic carbocycles. The van der Waals surface area contributed by atoms with Crippen molar-refractivity contribution in [3.05, 3.63) is 46.9 Å². The third-order valence-electron chi connectivity index (χ3n) is 4.16. The molecule has 2 aromatic heterocycles. The molecule has 0 bridgehead atoms. The number of carbonyl (C=O) groups is 1. The molecule has 11 heteroatoms. The molecule has 0 fully saturated rings. The van der Waals surface area contributed by atoms with E-state index in [0.717, 1.165) is 41.9 Å². The lowest BCUT2D eigenvalue weighted by molar-refractivity contribution is -0.137. The van der Waals surface area contributed by atoms with Crippen LogP contribution < -0.4 is 5.32 Å². The fourth-order valence-corrected chi connectivity index (χ4v) is 3.68. The van der Waals surface area contributed by atoms with Crippen LogP contribution in [-0.4, -0.2) is 26.4 Å². The van der Waals surface area contributed by atoms with Crippen molar-refractivity contribution in [3.8, 4) is 11.4 Å². The summed E-state index contributed by atoms with van der Waals surface area (Å²) >= 11 is 7.06. The third-order valence-corrected chi connectivity index (χ3v) is 5.46. The van der Waals surface area contributed by atoms with E-state index in [1.54, 1.807) is 12.3 Å². The average molecular weight is 459 g/mol. The van der Waals surface area contributed by atoms with Crippen molar-refractivity contribution in [1.82, 2.24) is 14.8 Å². The minimum absolute atomic E-state index is 0.0215. The van der Waals surface area contributed by atoms with Gasteiger partial charge in [0.2, 0.25) is 5.91 Å². The van der Waals surface area contributed by atoms with Crippen LogP contribution in [0.3, 0.4) is 0 Å². The number of alkyl halides is 3. The minimum Gasteiger partial charge on any atom is -0.469 e. The fraction of sp³-hybridized carbons (Fsp3) is 0.316. The van der Waals surface area contributed by atoms with Crippen molar-refractivity contribution in [2.75, 3.05) is 11.1 Å². The predicted molar refractivity (Wildman–Crippen MR) is 109 cm³/mol. The van der Waals surface area contributed by atoms with Gasteiger partial charge in [-0.05, 0) is 37.6 Å². The second-order valence-electron chi connectivity index (χ2n) is 6.38. The highest BCUT2D eigenvalue weighted by Crippen LogP contribution is 2.34. The van der Waals surface area contributed by atoms with E-state index in [1.807, 2.05) is 18.4 Å². The molecular weight excluding hydrogens is 441 g/mol. The molecule has 1 N–H and O–H groups in total. The lowest BCUT2D eigenvalue weighted by atomic mass is 10.2. The number of halogens is 4. The van der Waals surface area contributed by atoms with Gasteiger partial charge in [-0.15, -0.1) is 10.2 Å². The van der Waals surface area contributed by atoms with E-state index in [-0.39, 0.29) is 16.5 Å². The molecule has 160 valence electrons. The summed E-state index contributed by atoms with van der Waals surface area (Å²) in [6, 6.07) is 4.57. The number of amides is 1. The number of aryl methyl sites for hydroxylation is 1. The lowest BCUT2D eigenvalue weighted by Crippen LogP contribution is -2.16. The fourth-order valence-electron chi connectivity index (χ4n) is 2.75. The van der Waals surface area contributed by atoms with Crippen LogP contribution in [0, 0.1) is 6.92 Å². The first-order valence-corrected chi connectivity index (χ1v) is 10.3. The van der Waals surface area contributed by atoms with Gasteiger partial charge in [-0.25, -0.2) is 0 Å². The quantitative estimate of drug-likeness (QED) is 0.462. The molecule has 0 unspecified atom stereocenters. The van der Waals surface area contributed by atoms with E-state index in [1.165, 1.54) is 0 Å². The number of nitrogens with one attached hydrogen (secondary N) is 1. The Morgan fingerprint density at radius 3 is 2.70 bits per heavy atom. The highest BCUT2D eigenvalue weighted by atomic mass is 35.5. The standard InChI is InChI=1S/C19H18ClF3N4O2S/c1-3-7-27-17(13-6-8-29-11(13)2)25-26-18(27)30-10-16(28)24-15-9-12(19(21,22)23)4-5-14(15)20/h4-6,8-9H,3,7,10H2,1-2H3,(H,24,28). The number of hydrogen-bond donors (Lipinski definition) is 1. The Morgan fingerprint density at radius 2 is 2.07 bits per heavy atom. The monoisotopic (exact) mass is 458 g/mol. The molecule has 3 rings (SSSR count). The van der Waals surface area contributed by atoms with E-state index >= 15 is 0 Å². The van der Waals surface area contributed by atoms with Gasteiger partial charge in [0.15, 0.2) is 11.0 Å². The maximum atomic E-state index is 12.9. The van der Waals surface area contributed by atoms with Gasteiger partial charge in [0, 0.05) is 6.54 Å². The average Bonchev–Trinajstić information content (AvgIpc) is 3.27. The summed E-state index contributed by atoms with van der Waals surface area (Å²) in [5.74, 6) is 0.757. The zero-order chi connectivity index (χ0) is 21.9. The highest BCUT2D eigenvalue weighted by molar-refractivity contribution is 7.99. The highest BCUT2D eigenvalue weighted by Gasteiger charge is 2.31. The molecule has 0 spiro atoms. The number of rotatable bonds is 7. The molecule has 0 atom stereocenters. The molecule has 0 saturated carbocycles. The number of furan rings is 1. The molecule has 30 heavy (non-hydrogen) atoms. The van der Waals surface area contributed by atoms with E-state index in [9.17, 15) is 18.0 Å². The first kappa shape index (κ1) is 22.2. The van der Waals surface area contributed by atoms with Gasteiger partial charge in [-0.2, -0.15) is 13.2 Å². The van der Waals surface area contributed by atoms with Gasteiger partial charge < -0.3 is 14.3 Å². The topological polar surface area (TPSA) is 73.0 Å². The number of thioether (sulfide) groups is 1. The number of hydrogen-bond acceptors (Lipinski definition) is 5. The molecule has 0 aliphatic heterocycles.